The molecule has 5 rings (SSSR count). The number of fused-ring (bicyclic) bond motifs is 1. The van der Waals surface area contributed by atoms with Crippen LogP contribution < -0.4 is 15.0 Å². The molecule has 0 saturated carbocycles. The van der Waals surface area contributed by atoms with E-state index in [0.29, 0.717) is 27.1 Å². The average molecular weight is 543 g/mol. The third kappa shape index (κ3) is 5.07. The molecule has 1 aliphatic heterocycles. The molecule has 9 nitrogen and oxygen atoms in total. The van der Waals surface area contributed by atoms with Crippen LogP contribution in [0.5, 0.6) is 5.75 Å². The number of aliphatic hydroxyl groups is 1. The number of aliphatic hydroxyl groups excluding tert-OH is 1. The minimum atomic E-state index is -0.791. The molecule has 1 amide bonds. The van der Waals surface area contributed by atoms with Gasteiger partial charge in [-0.2, -0.15) is 0 Å². The number of nitrogens with zero attached hydrogens (tertiary/aromatic N) is 5. The summed E-state index contributed by atoms with van der Waals surface area (Å²) in [6.45, 7) is 3.61. The van der Waals surface area contributed by atoms with E-state index in [-0.39, 0.29) is 34.2 Å². The predicted octanol–water partition coefficient (Wildman–Crippen LogP) is 4.72. The maximum atomic E-state index is 15.0. The number of pyridine rings is 3. The highest BCUT2D eigenvalue weighted by molar-refractivity contribution is 7.22. The Bertz CT molecular complexity index is 1470. The molecule has 4 aromatic rings. The van der Waals surface area contributed by atoms with Gasteiger partial charge < -0.3 is 14.7 Å². The Hall–Kier alpha value is -3.41. The van der Waals surface area contributed by atoms with Crippen molar-refractivity contribution in [1.29, 1.82) is 0 Å². The molecule has 0 radical (unpaired) electrons. The van der Waals surface area contributed by atoms with Crippen LogP contribution in [0.2, 0.25) is 5.15 Å². The topological polar surface area (TPSA) is 113 Å². The number of carbonyl (C=O) groups excluding carboxylic acids is 1. The Labute approximate surface area is 221 Å². The van der Waals surface area contributed by atoms with Gasteiger partial charge in [-0.25, -0.2) is 19.3 Å². The van der Waals surface area contributed by atoms with Crippen LogP contribution in [0.1, 0.15) is 28.9 Å². The molecule has 1 saturated heterocycles. The molecule has 5 heterocycles. The van der Waals surface area contributed by atoms with E-state index in [1.807, 2.05) is 12.1 Å². The highest BCUT2D eigenvalue weighted by Gasteiger charge is 2.24. The average Bonchev–Trinajstić information content (AvgIpc) is 3.31. The first-order valence-corrected chi connectivity index (χ1v) is 12.9. The van der Waals surface area contributed by atoms with E-state index in [2.05, 4.69) is 25.2 Å². The maximum Gasteiger partial charge on any atom is 0.259 e. The first-order chi connectivity index (χ1) is 17.9. The monoisotopic (exact) mass is 542 g/mol. The smallest absolute Gasteiger partial charge is 0.259 e. The number of aromatic nitrogens is 4. The van der Waals surface area contributed by atoms with Crippen molar-refractivity contribution in [2.75, 3.05) is 37.0 Å². The molecule has 192 valence electrons. The van der Waals surface area contributed by atoms with Crippen molar-refractivity contribution in [2.45, 2.75) is 19.8 Å². The Morgan fingerprint density at radius 1 is 1.27 bits per heavy atom. The Morgan fingerprint density at radius 3 is 2.78 bits per heavy atom. The van der Waals surface area contributed by atoms with Gasteiger partial charge in [0.05, 0.1) is 24.4 Å². The minimum Gasteiger partial charge on any atom is -0.494 e. The summed E-state index contributed by atoms with van der Waals surface area (Å²) in [6.07, 6.45) is 4.52. The van der Waals surface area contributed by atoms with Gasteiger partial charge in [-0.3, -0.25) is 15.1 Å². The SMILES string of the molecule is COc1cnc(Cl)c(F)c1-c1cc(C)ncc1C(=O)Nc1nc2ccc(N3CCC(CO)CC3)nc2s1. The molecule has 2 N–H and O–H groups in total. The van der Waals surface area contributed by atoms with Crippen LogP contribution in [-0.4, -0.2) is 57.8 Å². The summed E-state index contributed by atoms with van der Waals surface area (Å²) in [5.74, 6) is 0.0134. The molecule has 0 aliphatic carbocycles. The van der Waals surface area contributed by atoms with Gasteiger partial charge in [0.15, 0.2) is 16.1 Å². The number of rotatable bonds is 6. The largest absolute Gasteiger partial charge is 0.494 e. The van der Waals surface area contributed by atoms with Gasteiger partial charge in [-0.15, -0.1) is 0 Å². The van der Waals surface area contributed by atoms with Gasteiger partial charge in [0.1, 0.15) is 21.9 Å². The fourth-order valence-corrected chi connectivity index (χ4v) is 5.32. The summed E-state index contributed by atoms with van der Waals surface area (Å²) in [7, 11) is 1.39. The fourth-order valence-electron chi connectivity index (χ4n) is 4.35. The summed E-state index contributed by atoms with van der Waals surface area (Å²) in [5.41, 5.74) is 1.67. The second-order valence-electron chi connectivity index (χ2n) is 8.76. The molecular formula is C25H24ClFN6O3S. The molecule has 12 heteroatoms. The molecular weight excluding hydrogens is 519 g/mol. The number of amides is 1. The van der Waals surface area contributed by atoms with E-state index in [9.17, 15) is 9.90 Å². The standard InChI is InChI=1S/C25H24ClFN6O3S/c1-13-9-15(20-18(36-2)11-29-22(26)21(20)27)16(10-28-13)23(35)32-25-30-17-3-4-19(31-24(17)37-25)33-7-5-14(12-34)6-8-33/h3-4,9-11,14,34H,5-8,12H2,1-2H3,(H,30,32,35). The van der Waals surface area contributed by atoms with Gasteiger partial charge in [0.25, 0.3) is 5.91 Å². The summed E-state index contributed by atoms with van der Waals surface area (Å²) >= 11 is 7.19. The molecule has 4 aromatic heterocycles. The van der Waals surface area contributed by atoms with Gasteiger partial charge >= 0.3 is 0 Å². The van der Waals surface area contributed by atoms with Crippen molar-refractivity contribution in [1.82, 2.24) is 19.9 Å². The van der Waals surface area contributed by atoms with Crippen molar-refractivity contribution < 1.29 is 19.0 Å². The van der Waals surface area contributed by atoms with E-state index in [1.165, 1.54) is 30.8 Å². The molecule has 0 unspecified atom stereocenters. The highest BCUT2D eigenvalue weighted by Crippen LogP contribution is 2.37. The van der Waals surface area contributed by atoms with Gasteiger partial charge in [0.2, 0.25) is 0 Å². The zero-order valence-electron chi connectivity index (χ0n) is 20.2. The second kappa shape index (κ2) is 10.5. The summed E-state index contributed by atoms with van der Waals surface area (Å²) in [5, 5.41) is 12.2. The van der Waals surface area contributed by atoms with E-state index in [1.54, 1.807) is 13.0 Å². The number of anilines is 2. The number of thiazole rings is 1. The molecule has 0 aromatic carbocycles. The number of methoxy groups -OCH3 is 1. The van der Waals surface area contributed by atoms with Crippen molar-refractivity contribution in [3.8, 4) is 16.9 Å². The molecule has 37 heavy (non-hydrogen) atoms. The number of hydrogen-bond donors (Lipinski definition) is 2. The summed E-state index contributed by atoms with van der Waals surface area (Å²) in [4.78, 5) is 33.5. The van der Waals surface area contributed by atoms with E-state index >= 15 is 4.39 Å². The Balaban J connectivity index is 1.43. The van der Waals surface area contributed by atoms with Crippen molar-refractivity contribution in [3.05, 3.63) is 52.8 Å². The van der Waals surface area contributed by atoms with Crippen LogP contribution >= 0.6 is 22.9 Å². The molecule has 1 aliphatic rings. The third-order valence-corrected chi connectivity index (χ3v) is 7.52. The first kappa shape index (κ1) is 25.2. The van der Waals surface area contributed by atoms with Crippen LogP contribution in [0.15, 0.2) is 30.6 Å². The lowest BCUT2D eigenvalue weighted by Crippen LogP contribution is -2.35. The number of ether oxygens (including phenoxy) is 1. The van der Waals surface area contributed by atoms with Crippen molar-refractivity contribution in [2.24, 2.45) is 5.92 Å². The van der Waals surface area contributed by atoms with Crippen molar-refractivity contribution in [3.63, 3.8) is 0 Å². The molecule has 0 atom stereocenters. The summed E-state index contributed by atoms with van der Waals surface area (Å²) < 4.78 is 20.3. The van der Waals surface area contributed by atoms with E-state index in [0.717, 1.165) is 31.7 Å². The highest BCUT2D eigenvalue weighted by atomic mass is 35.5. The van der Waals surface area contributed by atoms with Gasteiger partial charge in [0, 0.05) is 37.2 Å². The Kier molecular flexibility index (Phi) is 7.18. The zero-order valence-corrected chi connectivity index (χ0v) is 21.7. The van der Waals surface area contributed by atoms with Crippen LogP contribution in [0, 0.1) is 18.7 Å². The maximum absolute atomic E-state index is 15.0. The van der Waals surface area contributed by atoms with Gasteiger partial charge in [-0.1, -0.05) is 22.9 Å². The van der Waals surface area contributed by atoms with Crippen LogP contribution in [0.25, 0.3) is 21.5 Å². The number of piperidine rings is 1. The first-order valence-electron chi connectivity index (χ1n) is 11.7. The van der Waals surface area contributed by atoms with E-state index < -0.39 is 11.7 Å². The second-order valence-corrected chi connectivity index (χ2v) is 10.1. The molecule has 0 bridgehead atoms. The normalized spacial score (nSPS) is 14.2. The summed E-state index contributed by atoms with van der Waals surface area (Å²) in [6, 6.07) is 5.38. The number of nitrogens with one attached hydrogen (secondary N) is 1. The number of carbonyl (C=O) groups is 1. The van der Waals surface area contributed by atoms with Crippen LogP contribution in [-0.2, 0) is 0 Å². The zero-order chi connectivity index (χ0) is 26.1. The lowest BCUT2D eigenvalue weighted by molar-refractivity contribution is 0.102. The van der Waals surface area contributed by atoms with Crippen LogP contribution in [0.3, 0.4) is 0 Å². The quantitative estimate of drug-likeness (QED) is 0.336. The number of halogens is 2. The number of hydrogen-bond acceptors (Lipinski definition) is 9. The van der Waals surface area contributed by atoms with Gasteiger partial charge in [-0.05, 0) is 43.9 Å². The minimum absolute atomic E-state index is 0.0266. The lowest BCUT2D eigenvalue weighted by Gasteiger charge is -2.31. The third-order valence-electron chi connectivity index (χ3n) is 6.37. The van der Waals surface area contributed by atoms with Crippen molar-refractivity contribution >= 4 is 50.1 Å². The lowest BCUT2D eigenvalue weighted by atomic mass is 9.98. The van der Waals surface area contributed by atoms with Crippen LogP contribution in [0.4, 0.5) is 15.3 Å². The predicted molar refractivity (Wildman–Crippen MR) is 141 cm³/mol. The fraction of sp³-hybridized carbons (Fsp3) is 0.320. The van der Waals surface area contributed by atoms with E-state index in [4.69, 9.17) is 21.3 Å². The Morgan fingerprint density at radius 2 is 2.05 bits per heavy atom. The number of aryl methyl sites for hydroxylation is 1. The molecule has 0 spiro atoms. The molecule has 1 fully saturated rings.